The molecule has 4 heteroatoms. The van der Waals surface area contributed by atoms with Gasteiger partial charge in [0.15, 0.2) is 5.78 Å². The Morgan fingerprint density at radius 2 is 2.12 bits per heavy atom. The van der Waals surface area contributed by atoms with Crippen LogP contribution in [0.5, 0.6) is 0 Å². The van der Waals surface area contributed by atoms with Gasteiger partial charge in [-0.2, -0.15) is 0 Å². The zero-order valence-corrected chi connectivity index (χ0v) is 11.1. The summed E-state index contributed by atoms with van der Waals surface area (Å²) in [6, 6.07) is 7.32. The summed E-state index contributed by atoms with van der Waals surface area (Å²) >= 11 is 9.49. The van der Waals surface area contributed by atoms with E-state index in [-0.39, 0.29) is 10.6 Å². The molecule has 0 amide bonds. The maximum atomic E-state index is 12.2. The van der Waals surface area contributed by atoms with Gasteiger partial charge >= 0.3 is 0 Å². The van der Waals surface area contributed by atoms with Crippen LogP contribution in [0.3, 0.4) is 0 Å². The number of alkyl halides is 1. The Morgan fingerprint density at radius 3 is 2.81 bits per heavy atom. The van der Waals surface area contributed by atoms with Gasteiger partial charge in [0.2, 0.25) is 0 Å². The number of rotatable bonds is 1. The van der Waals surface area contributed by atoms with E-state index in [1.54, 1.807) is 6.07 Å². The molecule has 1 aromatic rings. The van der Waals surface area contributed by atoms with Crippen LogP contribution in [-0.4, -0.2) is 10.6 Å². The third-order valence-corrected chi connectivity index (χ3v) is 4.31. The normalized spacial score (nSPS) is 30.4. The summed E-state index contributed by atoms with van der Waals surface area (Å²) in [4.78, 5) is 12.0. The van der Waals surface area contributed by atoms with Crippen molar-refractivity contribution in [2.75, 3.05) is 0 Å². The van der Waals surface area contributed by atoms with Crippen molar-refractivity contribution in [2.24, 2.45) is 5.73 Å². The minimum Gasteiger partial charge on any atom is -0.315 e. The summed E-state index contributed by atoms with van der Waals surface area (Å²) in [5, 5.41) is 0.569. The Hall–Kier alpha value is -0.380. The first kappa shape index (κ1) is 12.1. The Morgan fingerprint density at radius 1 is 1.44 bits per heavy atom. The predicted octanol–water partition coefficient (Wildman–Crippen LogP) is 3.01. The second-order valence-electron chi connectivity index (χ2n) is 4.18. The van der Waals surface area contributed by atoms with Gasteiger partial charge in [0.1, 0.15) is 5.54 Å². The monoisotopic (exact) mass is 301 g/mol. The molecule has 1 aromatic carbocycles. The van der Waals surface area contributed by atoms with Crippen molar-refractivity contribution in [1.82, 2.24) is 0 Å². The molecular formula is C12H13BrClNO. The van der Waals surface area contributed by atoms with Gasteiger partial charge in [0, 0.05) is 5.02 Å². The molecule has 86 valence electrons. The molecule has 0 heterocycles. The minimum absolute atomic E-state index is 0.0341. The highest BCUT2D eigenvalue weighted by Gasteiger charge is 2.42. The Kier molecular flexibility index (Phi) is 3.38. The van der Waals surface area contributed by atoms with E-state index in [4.69, 9.17) is 17.3 Å². The van der Waals surface area contributed by atoms with Crippen molar-refractivity contribution in [3.63, 3.8) is 0 Å². The summed E-state index contributed by atoms with van der Waals surface area (Å²) in [6.07, 6.45) is 2.45. The highest BCUT2D eigenvalue weighted by molar-refractivity contribution is 9.10. The molecule has 2 nitrogen and oxygen atoms in total. The zero-order valence-electron chi connectivity index (χ0n) is 8.75. The highest BCUT2D eigenvalue weighted by atomic mass is 79.9. The van der Waals surface area contributed by atoms with Crippen LogP contribution in [0.15, 0.2) is 24.3 Å². The van der Waals surface area contributed by atoms with Crippen LogP contribution in [0, 0.1) is 0 Å². The van der Waals surface area contributed by atoms with Crippen molar-refractivity contribution in [3.05, 3.63) is 34.9 Å². The van der Waals surface area contributed by atoms with Crippen molar-refractivity contribution < 1.29 is 4.79 Å². The van der Waals surface area contributed by atoms with E-state index in [0.29, 0.717) is 11.4 Å². The standard InChI is InChI=1S/C12H13BrClNO/c13-9-5-3-7-12(15,11(9)16)8-4-1-2-6-10(8)14/h1-2,4,6,9H,3,5,7,15H2/t9-,12+/m1/s1. The molecule has 1 aliphatic carbocycles. The Bertz CT molecular complexity index is 423. The Labute approximate surface area is 108 Å². The van der Waals surface area contributed by atoms with E-state index in [0.717, 1.165) is 18.4 Å². The smallest absolute Gasteiger partial charge is 0.170 e. The third kappa shape index (κ3) is 1.92. The topological polar surface area (TPSA) is 43.1 Å². The number of nitrogens with two attached hydrogens (primary N) is 1. The lowest BCUT2D eigenvalue weighted by molar-refractivity contribution is -0.125. The van der Waals surface area contributed by atoms with Crippen molar-refractivity contribution in [1.29, 1.82) is 0 Å². The van der Waals surface area contributed by atoms with E-state index in [1.807, 2.05) is 18.2 Å². The average Bonchev–Trinajstić information content (AvgIpc) is 2.26. The molecule has 0 aromatic heterocycles. The molecule has 0 radical (unpaired) electrons. The van der Waals surface area contributed by atoms with Crippen LogP contribution in [0.25, 0.3) is 0 Å². The van der Waals surface area contributed by atoms with Gasteiger partial charge in [-0.3, -0.25) is 4.79 Å². The number of benzene rings is 1. The van der Waals surface area contributed by atoms with Crippen LogP contribution in [0.4, 0.5) is 0 Å². The molecule has 1 saturated carbocycles. The van der Waals surface area contributed by atoms with Gasteiger partial charge in [0.05, 0.1) is 4.83 Å². The largest absolute Gasteiger partial charge is 0.315 e. The second-order valence-corrected chi connectivity index (χ2v) is 5.69. The van der Waals surface area contributed by atoms with Gasteiger partial charge in [-0.1, -0.05) is 45.7 Å². The minimum atomic E-state index is -0.926. The summed E-state index contributed by atoms with van der Waals surface area (Å²) in [7, 11) is 0. The molecule has 0 bridgehead atoms. The van der Waals surface area contributed by atoms with Gasteiger partial charge in [-0.15, -0.1) is 0 Å². The van der Waals surface area contributed by atoms with Crippen LogP contribution >= 0.6 is 27.5 Å². The first-order valence-corrected chi connectivity index (χ1v) is 6.57. The molecule has 1 aliphatic rings. The molecule has 2 rings (SSSR count). The maximum Gasteiger partial charge on any atom is 0.170 e. The molecule has 2 atom stereocenters. The van der Waals surface area contributed by atoms with E-state index in [2.05, 4.69) is 15.9 Å². The van der Waals surface area contributed by atoms with E-state index >= 15 is 0 Å². The first-order chi connectivity index (χ1) is 7.55. The molecule has 0 spiro atoms. The molecule has 16 heavy (non-hydrogen) atoms. The number of Topliss-reactive ketones (excluding diaryl/α,β-unsaturated/α-hetero) is 1. The Balaban J connectivity index is 2.45. The molecule has 0 unspecified atom stereocenters. The number of carbonyl (C=O) groups excluding carboxylic acids is 1. The second kappa shape index (κ2) is 4.47. The van der Waals surface area contributed by atoms with E-state index < -0.39 is 5.54 Å². The zero-order chi connectivity index (χ0) is 11.8. The maximum absolute atomic E-state index is 12.2. The lowest BCUT2D eigenvalue weighted by Gasteiger charge is -2.35. The van der Waals surface area contributed by atoms with Crippen LogP contribution < -0.4 is 5.73 Å². The van der Waals surface area contributed by atoms with Gasteiger partial charge in [0.25, 0.3) is 0 Å². The summed E-state index contributed by atoms with van der Waals surface area (Å²) < 4.78 is 0. The molecular weight excluding hydrogens is 289 g/mol. The van der Waals surface area contributed by atoms with Crippen molar-refractivity contribution in [2.45, 2.75) is 29.6 Å². The van der Waals surface area contributed by atoms with Gasteiger partial charge < -0.3 is 5.73 Å². The van der Waals surface area contributed by atoms with E-state index in [1.165, 1.54) is 0 Å². The fraction of sp³-hybridized carbons (Fsp3) is 0.417. The fourth-order valence-electron chi connectivity index (χ4n) is 2.18. The number of carbonyl (C=O) groups is 1. The lowest BCUT2D eigenvalue weighted by Crippen LogP contribution is -2.51. The van der Waals surface area contributed by atoms with Crippen LogP contribution in [0.1, 0.15) is 24.8 Å². The molecule has 1 fully saturated rings. The molecule has 2 N–H and O–H groups in total. The average molecular weight is 303 g/mol. The van der Waals surface area contributed by atoms with Crippen molar-refractivity contribution >= 4 is 33.3 Å². The first-order valence-electron chi connectivity index (χ1n) is 5.28. The fourth-order valence-corrected chi connectivity index (χ4v) is 3.22. The summed E-state index contributed by atoms with van der Waals surface area (Å²) in [5.74, 6) is 0.0341. The quantitative estimate of drug-likeness (QED) is 0.810. The van der Waals surface area contributed by atoms with Crippen LogP contribution in [0.2, 0.25) is 5.02 Å². The van der Waals surface area contributed by atoms with Gasteiger partial charge in [-0.25, -0.2) is 0 Å². The lowest BCUT2D eigenvalue weighted by atomic mass is 9.76. The van der Waals surface area contributed by atoms with E-state index in [9.17, 15) is 4.79 Å². The van der Waals surface area contributed by atoms with Crippen LogP contribution in [-0.2, 0) is 10.3 Å². The highest BCUT2D eigenvalue weighted by Crippen LogP contribution is 2.37. The molecule has 0 aliphatic heterocycles. The number of hydrogen-bond acceptors (Lipinski definition) is 2. The van der Waals surface area contributed by atoms with Gasteiger partial charge in [-0.05, 0) is 30.9 Å². The SMILES string of the molecule is N[C@]1(c2ccccc2Cl)CCC[C@@H](Br)C1=O. The predicted molar refractivity (Wildman–Crippen MR) is 68.9 cm³/mol. The third-order valence-electron chi connectivity index (χ3n) is 3.11. The molecule has 0 saturated heterocycles. The summed E-state index contributed by atoms with van der Waals surface area (Å²) in [6.45, 7) is 0. The number of halogens is 2. The van der Waals surface area contributed by atoms with Crippen molar-refractivity contribution in [3.8, 4) is 0 Å². The number of hydrogen-bond donors (Lipinski definition) is 1. The summed E-state index contributed by atoms with van der Waals surface area (Å²) in [5.41, 5.74) is 6.07. The number of ketones is 1.